The summed E-state index contributed by atoms with van der Waals surface area (Å²) in [5.41, 5.74) is 9.49. The Morgan fingerprint density at radius 3 is 1.73 bits per heavy atom. The molecule has 3 aliphatic heterocycles. The highest BCUT2D eigenvalue weighted by Crippen LogP contribution is 2.25. The van der Waals surface area contributed by atoms with Gasteiger partial charge in [-0.15, -0.1) is 15.3 Å². The Morgan fingerprint density at radius 2 is 1.13 bits per heavy atom. The zero-order valence-electron chi connectivity index (χ0n) is 55.9. The van der Waals surface area contributed by atoms with E-state index in [0.29, 0.717) is 149 Å². The van der Waals surface area contributed by atoms with Crippen LogP contribution in [-0.4, -0.2) is 311 Å². The van der Waals surface area contributed by atoms with E-state index in [4.69, 9.17) is 63.7 Å². The molecule has 95 heavy (non-hydrogen) atoms. The molecule has 3 saturated heterocycles. The third-order valence-electron chi connectivity index (χ3n) is 16.4. The zero-order chi connectivity index (χ0) is 68.2. The largest absolute Gasteiger partial charge is 0.400 e. The van der Waals surface area contributed by atoms with E-state index in [1.54, 1.807) is 20.2 Å². The lowest BCUT2D eigenvalue weighted by molar-refractivity contribution is -0.258. The molecule has 6 rings (SSSR count). The highest BCUT2D eigenvalue weighted by molar-refractivity contribution is 5.01. The molecule has 3 aliphatic rings. The molecular formula is C61H112N14O20. The zero-order valence-corrected chi connectivity index (χ0v) is 55.9. The van der Waals surface area contributed by atoms with E-state index in [-0.39, 0.29) is 71.2 Å². The maximum Gasteiger partial charge on any atom is 0.160 e. The van der Waals surface area contributed by atoms with Gasteiger partial charge in [-0.2, -0.15) is 0 Å². The average Bonchev–Trinajstić information content (AvgIpc) is 2.00. The van der Waals surface area contributed by atoms with Gasteiger partial charge in [0, 0.05) is 88.6 Å². The molecule has 13 unspecified atom stereocenters. The van der Waals surface area contributed by atoms with Crippen molar-refractivity contribution >= 4 is 0 Å². The average molecular weight is 1360 g/mol. The van der Waals surface area contributed by atoms with Crippen LogP contribution in [0.5, 0.6) is 0 Å². The van der Waals surface area contributed by atoms with Crippen LogP contribution in [0.1, 0.15) is 108 Å². The molecule has 0 radical (unpaired) electrons. The number of nitrogens with zero attached hydrogens (tertiary/aromatic N) is 12. The summed E-state index contributed by atoms with van der Waals surface area (Å²) >= 11 is 0. The molecule has 3 aromatic rings. The number of hydrogen-bond acceptors (Lipinski definition) is 31. The lowest BCUT2D eigenvalue weighted by Gasteiger charge is -2.36. The second-order valence-electron chi connectivity index (χ2n) is 24.8. The Hall–Kier alpha value is -4.16. The Bertz CT molecular complexity index is 2470. The van der Waals surface area contributed by atoms with Gasteiger partial charge in [-0.1, -0.05) is 35.9 Å². The minimum Gasteiger partial charge on any atom is -0.400 e. The number of hydrazine groups is 1. The second kappa shape index (κ2) is 45.5. The maximum atomic E-state index is 10.2. The van der Waals surface area contributed by atoms with Crippen molar-refractivity contribution in [2.45, 2.75) is 211 Å². The predicted octanol–water partition coefficient (Wildman–Crippen LogP) is -2.27. The number of aliphatic hydroxyl groups is 9. The summed E-state index contributed by atoms with van der Waals surface area (Å²) in [6.07, 6.45) is 4.74. The van der Waals surface area contributed by atoms with E-state index in [0.717, 1.165) is 49.2 Å². The number of nitrogens with two attached hydrogens (primary N) is 2. The third-order valence-corrected chi connectivity index (χ3v) is 16.4. The Kier molecular flexibility index (Phi) is 38.2. The highest BCUT2D eigenvalue weighted by atomic mass is 16.7. The second-order valence-corrected chi connectivity index (χ2v) is 24.8. The van der Waals surface area contributed by atoms with E-state index < -0.39 is 74.3 Å². The van der Waals surface area contributed by atoms with E-state index in [9.17, 15) is 46.0 Å². The fourth-order valence-electron chi connectivity index (χ4n) is 11.1. The fraction of sp³-hybridized carbons (Fsp3) is 0.869. The Labute approximate surface area is 557 Å². The van der Waals surface area contributed by atoms with Gasteiger partial charge >= 0.3 is 0 Å². The van der Waals surface area contributed by atoms with E-state index >= 15 is 0 Å². The van der Waals surface area contributed by atoms with Crippen molar-refractivity contribution in [2.75, 3.05) is 125 Å². The van der Waals surface area contributed by atoms with Crippen LogP contribution >= 0.6 is 0 Å². The first kappa shape index (κ1) is 79.8. The van der Waals surface area contributed by atoms with Crippen molar-refractivity contribution in [1.29, 1.82) is 0 Å². The number of hydrogen-bond donors (Lipinski definition) is 11. The van der Waals surface area contributed by atoms with Gasteiger partial charge in [0.2, 0.25) is 0 Å². The van der Waals surface area contributed by atoms with Crippen LogP contribution in [0, 0.1) is 5.92 Å². The van der Waals surface area contributed by atoms with Crippen molar-refractivity contribution in [1.82, 2.24) is 59.8 Å². The van der Waals surface area contributed by atoms with Gasteiger partial charge in [-0.3, -0.25) is 9.80 Å². The maximum absolute atomic E-state index is 10.2. The van der Waals surface area contributed by atoms with Gasteiger partial charge in [0.25, 0.3) is 0 Å². The standard InChI is InChI=1S/C61H112N14O20/c1-44(2)9-11-57(89-24-18-76)90-28-25-86-22-16-74-39-48(65-68-74)36-71(37-49-40-75(69-66-49)17-23-88-27-30-92-59-32-53(82)61(84)56(43-79)95-59)45(3)7-4-5-13-70(33-46(62)34-72(63)14-20-85-19-6-8-50-31-52(81)60(83)55(42-78)93-50)35-47-38-73(67-64-47)15-21-87-26-29-91-58-12-10-51(80)54(41-77)94-58/h34,38-40,44-45,50-61,76-84H,4-33,35-37,41-43,62-63H2,1-3H3/b46-34-. The minimum absolute atomic E-state index is 0.0577. The first-order valence-corrected chi connectivity index (χ1v) is 33.7. The fourth-order valence-corrected chi connectivity index (χ4v) is 11.1. The molecule has 6 heterocycles. The van der Waals surface area contributed by atoms with Gasteiger partial charge in [0.1, 0.15) is 30.5 Å². The summed E-state index contributed by atoms with van der Waals surface area (Å²) in [4.78, 5) is 4.51. The van der Waals surface area contributed by atoms with Crippen molar-refractivity contribution in [3.63, 3.8) is 0 Å². The highest BCUT2D eigenvalue weighted by Gasteiger charge is 2.38. The van der Waals surface area contributed by atoms with E-state index in [1.807, 2.05) is 18.6 Å². The quantitative estimate of drug-likeness (QED) is 0.0123. The molecule has 0 aliphatic carbocycles. The topological polar surface area (TPSA) is 437 Å². The molecule has 13 atom stereocenters. The summed E-state index contributed by atoms with van der Waals surface area (Å²) in [5, 5.41) is 116. The molecule has 3 fully saturated rings. The summed E-state index contributed by atoms with van der Waals surface area (Å²) in [6.45, 7) is 13.3. The van der Waals surface area contributed by atoms with Gasteiger partial charge in [-0.25, -0.2) is 19.9 Å². The van der Waals surface area contributed by atoms with Crippen molar-refractivity contribution in [3.05, 3.63) is 47.6 Å². The smallest absolute Gasteiger partial charge is 0.160 e. The molecule has 13 N–H and O–H groups in total. The third kappa shape index (κ3) is 30.9. The van der Waals surface area contributed by atoms with Crippen LogP contribution in [0.2, 0.25) is 0 Å². The molecule has 34 heteroatoms. The van der Waals surface area contributed by atoms with Gasteiger partial charge < -0.3 is 109 Å². The number of unbranched alkanes of at least 4 members (excludes halogenated alkanes) is 1. The first-order chi connectivity index (χ1) is 46.0. The van der Waals surface area contributed by atoms with Crippen LogP contribution in [0.15, 0.2) is 30.5 Å². The molecule has 0 spiro atoms. The summed E-state index contributed by atoms with van der Waals surface area (Å²) in [5.74, 6) is 6.91. The molecule has 0 amide bonds. The van der Waals surface area contributed by atoms with Crippen LogP contribution < -0.4 is 11.6 Å². The lowest BCUT2D eigenvalue weighted by atomic mass is 9.96. The molecule has 0 bridgehead atoms. The number of aromatic nitrogens is 9. The Morgan fingerprint density at radius 1 is 0.579 bits per heavy atom. The van der Waals surface area contributed by atoms with Crippen LogP contribution in [0.25, 0.3) is 0 Å². The SMILES string of the molecule is CC(C)CCC(OCCO)OCCOCCn1cc(CN(Cc2cn(CCOCCOC3CC(O)C(O)C(CO)O3)nn2)C(C)CCCCN(C/C(N)=C/N(N)CCOCCCC2CC(O)C(O)C(CO)O2)Cc2cn(CCOCCOC3CCC(O)C(CO)O3)nn2)nn1. The van der Waals surface area contributed by atoms with Gasteiger partial charge in [0.05, 0.1) is 167 Å². The normalized spacial score (nSPS) is 24.4. The van der Waals surface area contributed by atoms with E-state index in [2.05, 4.69) is 61.5 Å². The van der Waals surface area contributed by atoms with Crippen LogP contribution in [0.4, 0.5) is 0 Å². The molecule has 0 aromatic carbocycles. The van der Waals surface area contributed by atoms with E-state index in [1.165, 1.54) is 5.01 Å². The first-order valence-electron chi connectivity index (χ1n) is 33.7. The lowest BCUT2D eigenvalue weighted by Crippen LogP contribution is -2.50. The number of rotatable bonds is 52. The molecule has 546 valence electrons. The monoisotopic (exact) mass is 1360 g/mol. The summed E-state index contributed by atoms with van der Waals surface area (Å²) < 4.78 is 68.5. The molecule has 3 aromatic heterocycles. The molecule has 34 nitrogen and oxygen atoms in total. The van der Waals surface area contributed by atoms with Gasteiger partial charge in [0.15, 0.2) is 18.9 Å². The Balaban J connectivity index is 1.02. The molecular weight excluding hydrogens is 1250 g/mol. The van der Waals surface area contributed by atoms with Gasteiger partial charge in [-0.05, 0) is 64.3 Å². The van der Waals surface area contributed by atoms with Crippen LogP contribution in [-0.2, 0) is 91.4 Å². The number of ether oxygens (including phenoxy) is 11. The summed E-state index contributed by atoms with van der Waals surface area (Å²) in [7, 11) is 0. The van der Waals surface area contributed by atoms with Crippen LogP contribution in [0.3, 0.4) is 0 Å². The van der Waals surface area contributed by atoms with Crippen molar-refractivity contribution in [3.8, 4) is 0 Å². The predicted molar refractivity (Wildman–Crippen MR) is 338 cm³/mol. The number of aliphatic hydroxyl groups excluding tert-OH is 9. The molecule has 0 saturated carbocycles. The van der Waals surface area contributed by atoms with Crippen molar-refractivity contribution < 1.29 is 98.1 Å². The minimum atomic E-state index is -1.19. The summed E-state index contributed by atoms with van der Waals surface area (Å²) in [6, 6.07) is 0.0577. The van der Waals surface area contributed by atoms with Crippen molar-refractivity contribution in [2.24, 2.45) is 17.5 Å².